The molecular weight excluding hydrogens is 362 g/mol. The number of benzene rings is 1. The van der Waals surface area contributed by atoms with Crippen LogP contribution in [0, 0.1) is 6.92 Å². The predicted octanol–water partition coefficient (Wildman–Crippen LogP) is 3.45. The summed E-state index contributed by atoms with van der Waals surface area (Å²) in [4.78, 5) is 23.6. The minimum absolute atomic E-state index is 0.0562. The lowest BCUT2D eigenvalue weighted by Crippen LogP contribution is -2.14. The first-order valence-corrected chi connectivity index (χ1v) is 8.86. The predicted molar refractivity (Wildman–Crippen MR) is 102 cm³/mol. The van der Waals surface area contributed by atoms with Crippen LogP contribution in [0.3, 0.4) is 0 Å². The third-order valence-electron chi connectivity index (χ3n) is 4.49. The lowest BCUT2D eigenvalue weighted by molar-refractivity contribution is -0.116. The van der Waals surface area contributed by atoms with Crippen LogP contribution in [-0.4, -0.2) is 31.8 Å². The third kappa shape index (κ3) is 4.06. The van der Waals surface area contributed by atoms with Gasteiger partial charge in [-0.2, -0.15) is 0 Å². The molecular formula is C20H21N3O5. The minimum atomic E-state index is -1.09. The van der Waals surface area contributed by atoms with E-state index in [1.807, 2.05) is 13.8 Å². The second-order valence-electron chi connectivity index (χ2n) is 6.40. The SMILES string of the molecule is CCn1cc(NC(=O)CCc2onc(-c3ccc(O)cc3)c2C)c(C(=O)O)c1. The molecule has 146 valence electrons. The summed E-state index contributed by atoms with van der Waals surface area (Å²) < 4.78 is 7.07. The van der Waals surface area contributed by atoms with Gasteiger partial charge in [-0.3, -0.25) is 4.79 Å². The van der Waals surface area contributed by atoms with Crippen LogP contribution in [0.25, 0.3) is 11.3 Å². The van der Waals surface area contributed by atoms with Gasteiger partial charge in [0.05, 0.1) is 5.69 Å². The van der Waals surface area contributed by atoms with Gasteiger partial charge in [0.2, 0.25) is 5.91 Å². The lowest BCUT2D eigenvalue weighted by atomic mass is 10.1. The van der Waals surface area contributed by atoms with Crippen molar-refractivity contribution in [2.24, 2.45) is 0 Å². The summed E-state index contributed by atoms with van der Waals surface area (Å²) in [6.07, 6.45) is 3.55. The highest BCUT2D eigenvalue weighted by Gasteiger charge is 2.18. The average Bonchev–Trinajstić information content (AvgIpc) is 3.24. The molecule has 8 heteroatoms. The van der Waals surface area contributed by atoms with Crippen LogP contribution in [0.5, 0.6) is 5.75 Å². The van der Waals surface area contributed by atoms with E-state index in [1.165, 1.54) is 6.20 Å². The van der Waals surface area contributed by atoms with E-state index < -0.39 is 5.97 Å². The molecule has 0 radical (unpaired) electrons. The Morgan fingerprint density at radius 1 is 1.21 bits per heavy atom. The van der Waals surface area contributed by atoms with Crippen molar-refractivity contribution in [2.45, 2.75) is 33.2 Å². The topological polar surface area (TPSA) is 118 Å². The Kier molecular flexibility index (Phi) is 5.49. The summed E-state index contributed by atoms with van der Waals surface area (Å²) in [7, 11) is 0. The van der Waals surface area contributed by atoms with E-state index in [4.69, 9.17) is 4.52 Å². The molecule has 0 aliphatic heterocycles. The minimum Gasteiger partial charge on any atom is -0.508 e. The zero-order chi connectivity index (χ0) is 20.3. The van der Waals surface area contributed by atoms with E-state index in [-0.39, 0.29) is 29.3 Å². The first-order chi connectivity index (χ1) is 13.4. The summed E-state index contributed by atoms with van der Waals surface area (Å²) in [5.41, 5.74) is 2.62. The number of amides is 1. The van der Waals surface area contributed by atoms with Crippen LogP contribution >= 0.6 is 0 Å². The molecule has 1 amide bonds. The normalized spacial score (nSPS) is 10.8. The number of hydrogen-bond acceptors (Lipinski definition) is 5. The summed E-state index contributed by atoms with van der Waals surface area (Å²) in [5, 5.41) is 25.4. The van der Waals surface area contributed by atoms with Crippen molar-refractivity contribution in [2.75, 3.05) is 5.32 Å². The lowest BCUT2D eigenvalue weighted by Gasteiger charge is -2.04. The quantitative estimate of drug-likeness (QED) is 0.575. The Morgan fingerprint density at radius 2 is 1.93 bits per heavy atom. The molecule has 0 bridgehead atoms. The molecule has 0 atom stereocenters. The number of aromatic nitrogens is 2. The van der Waals surface area contributed by atoms with Gasteiger partial charge in [-0.25, -0.2) is 4.79 Å². The number of aromatic hydroxyl groups is 1. The highest BCUT2D eigenvalue weighted by Crippen LogP contribution is 2.27. The van der Waals surface area contributed by atoms with Crippen LogP contribution in [-0.2, 0) is 17.8 Å². The van der Waals surface area contributed by atoms with Crippen molar-refractivity contribution >= 4 is 17.6 Å². The molecule has 28 heavy (non-hydrogen) atoms. The number of hydrogen-bond donors (Lipinski definition) is 3. The second-order valence-corrected chi connectivity index (χ2v) is 6.40. The number of phenolic OH excluding ortho intramolecular Hbond substituents is 1. The zero-order valence-corrected chi connectivity index (χ0v) is 15.6. The number of rotatable bonds is 7. The Hall–Kier alpha value is -3.55. The maximum Gasteiger partial charge on any atom is 0.339 e. The van der Waals surface area contributed by atoms with E-state index in [0.717, 1.165) is 11.1 Å². The van der Waals surface area contributed by atoms with Gasteiger partial charge in [-0.05, 0) is 38.1 Å². The fourth-order valence-corrected chi connectivity index (χ4v) is 2.89. The molecule has 3 aromatic rings. The van der Waals surface area contributed by atoms with Gasteiger partial charge in [0.1, 0.15) is 22.8 Å². The number of aromatic carboxylic acids is 1. The van der Waals surface area contributed by atoms with Crippen molar-refractivity contribution in [3.63, 3.8) is 0 Å². The van der Waals surface area contributed by atoms with Crippen molar-refractivity contribution in [3.8, 4) is 17.0 Å². The van der Waals surface area contributed by atoms with Crippen molar-refractivity contribution < 1.29 is 24.3 Å². The maximum absolute atomic E-state index is 12.3. The molecule has 1 aromatic carbocycles. The van der Waals surface area contributed by atoms with Gasteiger partial charge >= 0.3 is 5.97 Å². The van der Waals surface area contributed by atoms with E-state index in [9.17, 15) is 19.8 Å². The number of carboxylic acid groups (broad SMARTS) is 1. The van der Waals surface area contributed by atoms with Crippen molar-refractivity contribution in [1.82, 2.24) is 9.72 Å². The monoisotopic (exact) mass is 383 g/mol. The van der Waals surface area contributed by atoms with Gasteiger partial charge in [0.15, 0.2) is 0 Å². The molecule has 0 fully saturated rings. The zero-order valence-electron chi connectivity index (χ0n) is 15.6. The van der Waals surface area contributed by atoms with Crippen molar-refractivity contribution in [1.29, 1.82) is 0 Å². The van der Waals surface area contributed by atoms with Crippen LogP contribution in [0.1, 0.15) is 35.0 Å². The number of aryl methyl sites for hydroxylation is 2. The number of carboxylic acids is 1. The number of nitrogens with one attached hydrogen (secondary N) is 1. The maximum atomic E-state index is 12.3. The number of phenols is 1. The van der Waals surface area contributed by atoms with E-state index in [0.29, 0.717) is 24.4 Å². The van der Waals surface area contributed by atoms with E-state index in [1.54, 1.807) is 35.0 Å². The molecule has 0 aliphatic rings. The molecule has 0 unspecified atom stereocenters. The molecule has 0 saturated heterocycles. The number of carbonyl (C=O) groups excluding carboxylic acids is 1. The summed E-state index contributed by atoms with van der Waals surface area (Å²) >= 11 is 0. The second kappa shape index (κ2) is 7.99. The third-order valence-corrected chi connectivity index (χ3v) is 4.49. The summed E-state index contributed by atoms with van der Waals surface area (Å²) in [6.45, 7) is 4.35. The molecule has 3 N–H and O–H groups in total. The molecule has 0 saturated carbocycles. The van der Waals surface area contributed by atoms with Crippen molar-refractivity contribution in [3.05, 3.63) is 53.5 Å². The van der Waals surface area contributed by atoms with Crippen LogP contribution < -0.4 is 5.32 Å². The van der Waals surface area contributed by atoms with E-state index >= 15 is 0 Å². The largest absolute Gasteiger partial charge is 0.508 e. The Labute approximate surface area is 161 Å². The molecule has 0 aliphatic carbocycles. The van der Waals surface area contributed by atoms with Crippen LogP contribution in [0.2, 0.25) is 0 Å². The fourth-order valence-electron chi connectivity index (χ4n) is 2.89. The summed E-state index contributed by atoms with van der Waals surface area (Å²) in [5.74, 6) is -0.646. The van der Waals surface area contributed by atoms with Gasteiger partial charge < -0.3 is 24.6 Å². The number of carbonyl (C=O) groups is 2. The molecule has 0 spiro atoms. The molecule has 8 nitrogen and oxygen atoms in total. The van der Waals surface area contributed by atoms with Gasteiger partial charge in [0, 0.05) is 42.9 Å². The van der Waals surface area contributed by atoms with Crippen LogP contribution in [0.4, 0.5) is 5.69 Å². The first-order valence-electron chi connectivity index (χ1n) is 8.86. The van der Waals surface area contributed by atoms with Crippen LogP contribution in [0.15, 0.2) is 41.2 Å². The van der Waals surface area contributed by atoms with Gasteiger partial charge in [-0.1, -0.05) is 5.16 Å². The molecule has 3 rings (SSSR count). The Bertz CT molecular complexity index is 1000. The number of anilines is 1. The average molecular weight is 383 g/mol. The Balaban J connectivity index is 1.66. The molecule has 2 heterocycles. The molecule has 2 aromatic heterocycles. The Morgan fingerprint density at radius 3 is 2.57 bits per heavy atom. The van der Waals surface area contributed by atoms with Gasteiger partial charge in [-0.15, -0.1) is 0 Å². The highest BCUT2D eigenvalue weighted by molar-refractivity contribution is 6.00. The fraction of sp³-hybridized carbons (Fsp3) is 0.250. The summed E-state index contributed by atoms with van der Waals surface area (Å²) in [6, 6.07) is 6.61. The van der Waals surface area contributed by atoms with Gasteiger partial charge in [0.25, 0.3) is 0 Å². The highest BCUT2D eigenvalue weighted by atomic mass is 16.5. The smallest absolute Gasteiger partial charge is 0.339 e. The van der Waals surface area contributed by atoms with E-state index in [2.05, 4.69) is 10.5 Å². The number of nitrogens with zero attached hydrogens (tertiary/aromatic N) is 2. The standard InChI is InChI=1S/C20H21N3O5/c1-3-23-10-15(20(26)27)16(11-23)21-18(25)9-8-17-12(2)19(22-28-17)13-4-6-14(24)7-5-13/h4-7,10-11,24H,3,8-9H2,1-2H3,(H,21,25)(H,26,27). The first kappa shape index (κ1) is 19.2.